The molecule has 112 valence electrons. The molecular weight excluding hydrogens is 272 g/mol. The van der Waals surface area contributed by atoms with Crippen LogP contribution >= 0.6 is 0 Å². The first-order valence-electron chi connectivity index (χ1n) is 6.84. The number of hydrogen-bond donors (Lipinski definition) is 2. The van der Waals surface area contributed by atoms with Crippen molar-refractivity contribution in [1.82, 2.24) is 5.32 Å². The Morgan fingerprint density at radius 2 is 1.81 bits per heavy atom. The number of carbonyl (C=O) groups excluding carboxylic acids is 3. The van der Waals surface area contributed by atoms with E-state index < -0.39 is 12.1 Å². The number of hydrogen-bond acceptors (Lipinski definition) is 4. The Bertz CT molecular complexity index is 549. The maximum atomic E-state index is 11.9. The fourth-order valence-corrected chi connectivity index (χ4v) is 1.72. The van der Waals surface area contributed by atoms with Crippen LogP contribution in [0.1, 0.15) is 37.0 Å². The van der Waals surface area contributed by atoms with Crippen molar-refractivity contribution in [2.24, 2.45) is 0 Å². The molecule has 6 nitrogen and oxygen atoms in total. The van der Waals surface area contributed by atoms with Crippen molar-refractivity contribution in [1.29, 1.82) is 0 Å². The van der Waals surface area contributed by atoms with Crippen LogP contribution in [0.25, 0.3) is 0 Å². The van der Waals surface area contributed by atoms with Crippen molar-refractivity contribution >= 4 is 23.5 Å². The van der Waals surface area contributed by atoms with Gasteiger partial charge in [0, 0.05) is 18.7 Å². The number of benzene rings is 1. The van der Waals surface area contributed by atoms with Gasteiger partial charge in [-0.25, -0.2) is 4.79 Å². The molecule has 0 saturated heterocycles. The summed E-state index contributed by atoms with van der Waals surface area (Å²) in [6.07, 6.45) is 1.14. The van der Waals surface area contributed by atoms with Crippen molar-refractivity contribution < 1.29 is 19.1 Å². The van der Waals surface area contributed by atoms with Crippen molar-refractivity contribution in [3.05, 3.63) is 29.8 Å². The molecule has 0 bridgehead atoms. The molecule has 1 fully saturated rings. The number of nitrogens with one attached hydrogen (secondary N) is 2. The topological polar surface area (TPSA) is 84.5 Å². The summed E-state index contributed by atoms with van der Waals surface area (Å²) in [5.41, 5.74) is 0.925. The Hall–Kier alpha value is -2.37. The summed E-state index contributed by atoms with van der Waals surface area (Å²) >= 11 is 0. The first kappa shape index (κ1) is 15.0. The van der Waals surface area contributed by atoms with E-state index in [4.69, 9.17) is 4.74 Å². The minimum atomic E-state index is -0.826. The van der Waals surface area contributed by atoms with Gasteiger partial charge in [0.2, 0.25) is 5.91 Å². The fraction of sp³-hybridized carbons (Fsp3) is 0.400. The van der Waals surface area contributed by atoms with E-state index in [-0.39, 0.29) is 17.9 Å². The highest BCUT2D eigenvalue weighted by atomic mass is 16.5. The molecule has 0 aromatic heterocycles. The van der Waals surface area contributed by atoms with Crippen LogP contribution in [0.5, 0.6) is 0 Å². The zero-order valence-electron chi connectivity index (χ0n) is 12.0. The zero-order chi connectivity index (χ0) is 15.4. The van der Waals surface area contributed by atoms with Crippen LogP contribution in [-0.2, 0) is 14.3 Å². The van der Waals surface area contributed by atoms with Crippen LogP contribution in [0.15, 0.2) is 24.3 Å². The number of carbonyl (C=O) groups is 3. The Morgan fingerprint density at radius 1 is 1.19 bits per heavy atom. The monoisotopic (exact) mass is 290 g/mol. The number of ether oxygens (including phenoxy) is 1. The van der Waals surface area contributed by atoms with Gasteiger partial charge in [-0.05, 0) is 44.0 Å². The molecule has 0 radical (unpaired) electrons. The van der Waals surface area contributed by atoms with Gasteiger partial charge in [0.25, 0.3) is 5.91 Å². The molecular formula is C15H18N2O4. The normalized spacial score (nSPS) is 15.0. The molecule has 0 heterocycles. The van der Waals surface area contributed by atoms with Gasteiger partial charge in [-0.15, -0.1) is 0 Å². The Balaban J connectivity index is 1.89. The van der Waals surface area contributed by atoms with Gasteiger partial charge >= 0.3 is 5.97 Å². The third kappa shape index (κ3) is 4.59. The fourth-order valence-electron chi connectivity index (χ4n) is 1.72. The van der Waals surface area contributed by atoms with E-state index in [9.17, 15) is 14.4 Å². The molecule has 2 amide bonds. The lowest BCUT2D eigenvalue weighted by Crippen LogP contribution is -2.37. The lowest BCUT2D eigenvalue weighted by Gasteiger charge is -2.13. The molecule has 1 aliphatic rings. The van der Waals surface area contributed by atoms with Crippen LogP contribution in [0, 0.1) is 0 Å². The summed E-state index contributed by atoms with van der Waals surface area (Å²) in [6.45, 7) is 2.95. The van der Waals surface area contributed by atoms with Gasteiger partial charge in [0.15, 0.2) is 6.10 Å². The van der Waals surface area contributed by atoms with E-state index in [1.165, 1.54) is 6.92 Å². The highest BCUT2D eigenvalue weighted by Gasteiger charge is 2.27. The molecule has 0 aliphatic heterocycles. The molecule has 1 saturated carbocycles. The smallest absolute Gasteiger partial charge is 0.338 e. The van der Waals surface area contributed by atoms with Gasteiger partial charge in [-0.3, -0.25) is 9.59 Å². The van der Waals surface area contributed by atoms with Crippen LogP contribution in [0.4, 0.5) is 5.69 Å². The largest absolute Gasteiger partial charge is 0.449 e. The second-order valence-corrected chi connectivity index (χ2v) is 5.09. The SMILES string of the molecule is CC(=O)Nc1ccc(C(=O)OC(C)C(=O)NC2CC2)cc1. The lowest BCUT2D eigenvalue weighted by molar-refractivity contribution is -0.129. The van der Waals surface area contributed by atoms with Gasteiger partial charge < -0.3 is 15.4 Å². The molecule has 1 aromatic carbocycles. The summed E-state index contributed by atoms with van der Waals surface area (Å²) in [5, 5.41) is 5.38. The quantitative estimate of drug-likeness (QED) is 0.804. The lowest BCUT2D eigenvalue weighted by atomic mass is 10.2. The van der Waals surface area contributed by atoms with Gasteiger partial charge in [-0.1, -0.05) is 0 Å². The molecule has 1 atom stereocenters. The van der Waals surface area contributed by atoms with Crippen molar-refractivity contribution in [2.75, 3.05) is 5.32 Å². The molecule has 2 rings (SSSR count). The standard InChI is InChI=1S/C15H18N2O4/c1-9(14(19)17-13-7-8-13)21-15(20)11-3-5-12(6-4-11)16-10(2)18/h3-6,9,13H,7-8H2,1-2H3,(H,16,18)(H,17,19). The van der Waals surface area contributed by atoms with Crippen LogP contribution < -0.4 is 10.6 Å². The highest BCUT2D eigenvalue weighted by Crippen LogP contribution is 2.19. The van der Waals surface area contributed by atoms with Crippen LogP contribution in [0.2, 0.25) is 0 Å². The molecule has 1 unspecified atom stereocenters. The van der Waals surface area contributed by atoms with Crippen molar-refractivity contribution in [2.45, 2.75) is 38.8 Å². The third-order valence-corrected chi connectivity index (χ3v) is 3.02. The minimum Gasteiger partial charge on any atom is -0.449 e. The second-order valence-electron chi connectivity index (χ2n) is 5.09. The van der Waals surface area contributed by atoms with Crippen LogP contribution in [-0.4, -0.2) is 29.9 Å². The van der Waals surface area contributed by atoms with Gasteiger partial charge in [0.1, 0.15) is 0 Å². The summed E-state index contributed by atoms with van der Waals surface area (Å²) < 4.78 is 5.11. The Kier molecular flexibility index (Phi) is 4.57. The molecule has 21 heavy (non-hydrogen) atoms. The molecule has 1 aliphatic carbocycles. The summed E-state index contributed by atoms with van der Waals surface area (Å²) in [4.78, 5) is 34.5. The number of esters is 1. The summed E-state index contributed by atoms with van der Waals surface area (Å²) in [7, 11) is 0. The number of anilines is 1. The average Bonchev–Trinajstić information content (AvgIpc) is 3.22. The minimum absolute atomic E-state index is 0.185. The second kappa shape index (κ2) is 6.39. The Morgan fingerprint density at radius 3 is 2.33 bits per heavy atom. The van der Waals surface area contributed by atoms with E-state index in [0.29, 0.717) is 11.3 Å². The van der Waals surface area contributed by atoms with Gasteiger partial charge in [-0.2, -0.15) is 0 Å². The molecule has 2 N–H and O–H groups in total. The van der Waals surface area contributed by atoms with E-state index >= 15 is 0 Å². The maximum Gasteiger partial charge on any atom is 0.338 e. The van der Waals surface area contributed by atoms with E-state index in [0.717, 1.165) is 12.8 Å². The predicted octanol–water partition coefficient (Wildman–Crippen LogP) is 1.47. The zero-order valence-corrected chi connectivity index (χ0v) is 12.0. The van der Waals surface area contributed by atoms with Crippen LogP contribution in [0.3, 0.4) is 0 Å². The average molecular weight is 290 g/mol. The first-order chi connectivity index (χ1) is 9.95. The van der Waals surface area contributed by atoms with E-state index in [1.54, 1.807) is 31.2 Å². The number of amides is 2. The van der Waals surface area contributed by atoms with E-state index in [1.807, 2.05) is 0 Å². The molecule has 1 aromatic rings. The third-order valence-electron chi connectivity index (χ3n) is 3.02. The van der Waals surface area contributed by atoms with Crippen molar-refractivity contribution in [3.8, 4) is 0 Å². The Labute approximate surface area is 122 Å². The molecule has 0 spiro atoms. The van der Waals surface area contributed by atoms with E-state index in [2.05, 4.69) is 10.6 Å². The number of rotatable bonds is 5. The van der Waals surface area contributed by atoms with Gasteiger partial charge in [0.05, 0.1) is 5.56 Å². The first-order valence-corrected chi connectivity index (χ1v) is 6.84. The highest BCUT2D eigenvalue weighted by molar-refractivity contribution is 5.93. The predicted molar refractivity (Wildman–Crippen MR) is 76.8 cm³/mol. The maximum absolute atomic E-state index is 11.9. The molecule has 6 heteroatoms. The summed E-state index contributed by atoms with van der Waals surface area (Å²) in [6, 6.07) is 6.52. The summed E-state index contributed by atoms with van der Waals surface area (Å²) in [5.74, 6) is -1.03. The van der Waals surface area contributed by atoms with Crippen molar-refractivity contribution in [3.63, 3.8) is 0 Å².